The number of nitrogens with zero attached hydrogens (tertiary/aromatic N) is 2. The molecule has 8 heteroatoms. The van der Waals surface area contributed by atoms with E-state index in [4.69, 9.17) is 9.47 Å². The lowest BCUT2D eigenvalue weighted by atomic mass is 10.1. The zero-order valence-corrected chi connectivity index (χ0v) is 17.0. The molecule has 2 amide bonds. The molecule has 2 aromatic carbocycles. The number of carbonyl (C=O) groups excluding carboxylic acids is 2. The number of aromatic nitrogens is 2. The number of ether oxygens (including phenoxy) is 2. The number of fused-ring (bicyclic) bond motifs is 1. The summed E-state index contributed by atoms with van der Waals surface area (Å²) in [5, 5.41) is 2.91. The topological polar surface area (TPSA) is 96.6 Å². The number of likely N-dealkylation sites (tertiary alicyclic amines) is 1. The molecule has 0 saturated carbocycles. The smallest absolute Gasteiger partial charge is 0.229 e. The van der Waals surface area contributed by atoms with Crippen LogP contribution in [-0.4, -0.2) is 53.5 Å². The van der Waals surface area contributed by atoms with Crippen LogP contribution in [0.1, 0.15) is 12.2 Å². The van der Waals surface area contributed by atoms with E-state index in [9.17, 15) is 9.59 Å². The molecule has 0 spiro atoms. The van der Waals surface area contributed by atoms with Crippen LogP contribution in [-0.2, 0) is 9.59 Å². The van der Waals surface area contributed by atoms with Crippen molar-refractivity contribution in [2.24, 2.45) is 5.92 Å². The highest BCUT2D eigenvalue weighted by molar-refractivity contribution is 5.98. The van der Waals surface area contributed by atoms with Crippen LogP contribution in [0.25, 0.3) is 11.0 Å². The number of methoxy groups -OCH3 is 1. The number of nitrogens with one attached hydrogen (secondary N) is 2. The van der Waals surface area contributed by atoms with Gasteiger partial charge in [0, 0.05) is 18.7 Å². The molecule has 1 fully saturated rings. The van der Waals surface area contributed by atoms with Gasteiger partial charge in [0.1, 0.15) is 12.4 Å². The van der Waals surface area contributed by atoms with Crippen molar-refractivity contribution in [3.8, 4) is 11.5 Å². The Morgan fingerprint density at radius 3 is 2.87 bits per heavy atom. The van der Waals surface area contributed by atoms with Crippen LogP contribution in [0.4, 0.5) is 5.69 Å². The molecule has 1 saturated heterocycles. The van der Waals surface area contributed by atoms with E-state index in [1.165, 1.54) is 0 Å². The number of aromatic amines is 1. The van der Waals surface area contributed by atoms with Gasteiger partial charge in [0.05, 0.1) is 30.6 Å². The van der Waals surface area contributed by atoms with Crippen molar-refractivity contribution in [2.75, 3.05) is 32.1 Å². The largest absolute Gasteiger partial charge is 0.493 e. The number of para-hydroxylation sites is 2. The first-order valence-corrected chi connectivity index (χ1v) is 9.84. The van der Waals surface area contributed by atoms with Crippen LogP contribution >= 0.6 is 0 Å². The molecule has 3 aromatic rings. The molecule has 0 radical (unpaired) electrons. The normalized spacial score (nSPS) is 16.1. The van der Waals surface area contributed by atoms with Gasteiger partial charge in [-0.25, -0.2) is 4.98 Å². The summed E-state index contributed by atoms with van der Waals surface area (Å²) in [6.07, 6.45) is 0.200. The predicted molar refractivity (Wildman–Crippen MR) is 113 cm³/mol. The molecule has 1 aromatic heterocycles. The predicted octanol–water partition coefficient (Wildman–Crippen LogP) is 2.75. The van der Waals surface area contributed by atoms with Crippen molar-refractivity contribution in [3.05, 3.63) is 48.3 Å². The first kappa shape index (κ1) is 19.8. The van der Waals surface area contributed by atoms with E-state index in [1.54, 1.807) is 12.0 Å². The summed E-state index contributed by atoms with van der Waals surface area (Å²) >= 11 is 0. The summed E-state index contributed by atoms with van der Waals surface area (Å²) in [6.45, 7) is 3.01. The van der Waals surface area contributed by atoms with Gasteiger partial charge >= 0.3 is 0 Å². The van der Waals surface area contributed by atoms with Crippen molar-refractivity contribution in [2.45, 2.75) is 13.3 Å². The summed E-state index contributed by atoms with van der Waals surface area (Å²) in [5.74, 6) is 1.51. The quantitative estimate of drug-likeness (QED) is 0.627. The van der Waals surface area contributed by atoms with Crippen molar-refractivity contribution in [3.63, 3.8) is 0 Å². The lowest BCUT2D eigenvalue weighted by Crippen LogP contribution is -2.31. The minimum Gasteiger partial charge on any atom is -0.493 e. The van der Waals surface area contributed by atoms with Crippen LogP contribution in [0.5, 0.6) is 11.5 Å². The van der Waals surface area contributed by atoms with Gasteiger partial charge in [-0.05, 0) is 37.3 Å². The highest BCUT2D eigenvalue weighted by atomic mass is 16.5. The number of amides is 2. The number of hydrogen-bond acceptors (Lipinski definition) is 5. The average Bonchev–Trinajstić information content (AvgIpc) is 3.29. The molecule has 156 valence electrons. The highest BCUT2D eigenvalue weighted by Crippen LogP contribution is 2.26. The van der Waals surface area contributed by atoms with Crippen LogP contribution in [0.3, 0.4) is 0 Å². The summed E-state index contributed by atoms with van der Waals surface area (Å²) in [7, 11) is 1.58. The van der Waals surface area contributed by atoms with Crippen molar-refractivity contribution in [1.29, 1.82) is 0 Å². The van der Waals surface area contributed by atoms with E-state index in [-0.39, 0.29) is 24.2 Å². The first-order chi connectivity index (χ1) is 14.5. The molecule has 30 heavy (non-hydrogen) atoms. The van der Waals surface area contributed by atoms with E-state index in [0.29, 0.717) is 36.9 Å². The minimum absolute atomic E-state index is 0.0431. The maximum Gasteiger partial charge on any atom is 0.229 e. The number of benzene rings is 2. The minimum atomic E-state index is -0.386. The Kier molecular flexibility index (Phi) is 5.56. The van der Waals surface area contributed by atoms with Crippen LogP contribution in [0.2, 0.25) is 0 Å². The van der Waals surface area contributed by atoms with Gasteiger partial charge in [0.2, 0.25) is 11.8 Å². The van der Waals surface area contributed by atoms with E-state index >= 15 is 0 Å². The summed E-state index contributed by atoms with van der Waals surface area (Å²) in [6, 6.07) is 12.9. The molecular formula is C22H24N4O4. The zero-order chi connectivity index (χ0) is 21.1. The fraction of sp³-hybridized carbons (Fsp3) is 0.318. The van der Waals surface area contributed by atoms with Crippen LogP contribution in [0.15, 0.2) is 42.5 Å². The fourth-order valence-electron chi connectivity index (χ4n) is 3.63. The number of carbonyl (C=O) groups is 2. The van der Waals surface area contributed by atoms with E-state index in [1.807, 2.05) is 49.4 Å². The summed E-state index contributed by atoms with van der Waals surface area (Å²) < 4.78 is 11.0. The molecule has 2 N–H and O–H groups in total. The third kappa shape index (κ3) is 4.22. The molecule has 1 atom stereocenters. The number of rotatable bonds is 7. The number of anilines is 1. The molecule has 4 rings (SSSR count). The Morgan fingerprint density at radius 2 is 2.07 bits per heavy atom. The summed E-state index contributed by atoms with van der Waals surface area (Å²) in [4.78, 5) is 34.2. The first-order valence-electron chi connectivity index (χ1n) is 9.84. The van der Waals surface area contributed by atoms with Gasteiger partial charge in [0.25, 0.3) is 0 Å². The Balaban J connectivity index is 1.31. The van der Waals surface area contributed by atoms with Gasteiger partial charge in [-0.1, -0.05) is 12.1 Å². The zero-order valence-electron chi connectivity index (χ0n) is 17.0. The van der Waals surface area contributed by atoms with Crippen LogP contribution in [0, 0.1) is 12.8 Å². The molecule has 1 aliphatic rings. The van der Waals surface area contributed by atoms with Gasteiger partial charge < -0.3 is 24.7 Å². The SMILES string of the molecule is COc1ccccc1OCCN1CC(C(=O)Nc2ccc3nc(C)[nH]c3c2)CC1=O. The third-order valence-electron chi connectivity index (χ3n) is 5.14. The lowest BCUT2D eigenvalue weighted by Gasteiger charge is -2.17. The number of hydrogen-bond donors (Lipinski definition) is 2. The van der Waals surface area contributed by atoms with Gasteiger partial charge in [0.15, 0.2) is 11.5 Å². The van der Waals surface area contributed by atoms with Crippen LogP contribution < -0.4 is 14.8 Å². The standard InChI is InChI=1S/C22H24N4O4/c1-14-23-17-8-7-16(12-18(17)24-14)25-22(28)15-11-21(27)26(13-15)9-10-30-20-6-4-3-5-19(20)29-2/h3-8,12,15H,9-11,13H2,1-2H3,(H,23,24)(H,25,28). The maximum atomic E-state index is 12.7. The number of H-pyrrole nitrogens is 1. The average molecular weight is 408 g/mol. The van der Waals surface area contributed by atoms with E-state index in [2.05, 4.69) is 15.3 Å². The molecule has 2 heterocycles. The van der Waals surface area contributed by atoms with E-state index in [0.717, 1.165) is 16.9 Å². The molecule has 0 aliphatic carbocycles. The number of aryl methyl sites for hydroxylation is 1. The summed E-state index contributed by atoms with van der Waals surface area (Å²) in [5.41, 5.74) is 2.40. The molecule has 1 unspecified atom stereocenters. The monoisotopic (exact) mass is 408 g/mol. The van der Waals surface area contributed by atoms with Gasteiger partial charge in [-0.2, -0.15) is 0 Å². The molecule has 8 nitrogen and oxygen atoms in total. The second-order valence-electron chi connectivity index (χ2n) is 7.28. The Bertz CT molecular complexity index is 1080. The van der Waals surface area contributed by atoms with Crippen molar-refractivity contribution >= 4 is 28.5 Å². The second-order valence-corrected chi connectivity index (χ2v) is 7.28. The maximum absolute atomic E-state index is 12.7. The van der Waals surface area contributed by atoms with Gasteiger partial charge in [-0.15, -0.1) is 0 Å². The fourth-order valence-corrected chi connectivity index (χ4v) is 3.63. The second kappa shape index (κ2) is 8.44. The Labute approximate surface area is 174 Å². The lowest BCUT2D eigenvalue weighted by molar-refractivity contribution is -0.128. The Morgan fingerprint density at radius 1 is 1.27 bits per heavy atom. The number of imidazole rings is 1. The molecule has 1 aliphatic heterocycles. The third-order valence-corrected chi connectivity index (χ3v) is 5.14. The van der Waals surface area contributed by atoms with Crippen molar-refractivity contribution < 1.29 is 19.1 Å². The highest BCUT2D eigenvalue weighted by Gasteiger charge is 2.34. The van der Waals surface area contributed by atoms with E-state index < -0.39 is 0 Å². The Hall–Kier alpha value is -3.55. The van der Waals surface area contributed by atoms with Crippen molar-refractivity contribution in [1.82, 2.24) is 14.9 Å². The molecular weight excluding hydrogens is 384 g/mol. The van der Waals surface area contributed by atoms with Gasteiger partial charge in [-0.3, -0.25) is 9.59 Å². The molecule has 0 bridgehead atoms.